The number of benzene rings is 1. The number of aliphatic hydroxyl groups excluding tert-OH is 1. The van der Waals surface area contributed by atoms with Crippen LogP contribution >= 0.6 is 22.6 Å². The summed E-state index contributed by atoms with van der Waals surface area (Å²) >= 11 is 2.02. The van der Waals surface area contributed by atoms with E-state index in [0.29, 0.717) is 12.2 Å². The van der Waals surface area contributed by atoms with E-state index in [0.717, 1.165) is 16.4 Å². The van der Waals surface area contributed by atoms with Crippen molar-refractivity contribution in [2.75, 3.05) is 19.8 Å². The number of hydrogen-bond acceptors (Lipinski definition) is 5. The van der Waals surface area contributed by atoms with Crippen molar-refractivity contribution in [2.24, 2.45) is 0 Å². The van der Waals surface area contributed by atoms with Gasteiger partial charge in [-0.05, 0) is 47.2 Å². The Labute approximate surface area is 131 Å². The van der Waals surface area contributed by atoms with Crippen LogP contribution in [0.3, 0.4) is 0 Å². The van der Waals surface area contributed by atoms with Crippen LogP contribution in [-0.2, 0) is 9.47 Å². The highest BCUT2D eigenvalue weighted by atomic mass is 127. The SMILES string of the molecule is CCCCOC(=O)c1cc(I)cc(C(=O)OCCO)c1. The molecular formula is C14H17IO5. The van der Waals surface area contributed by atoms with E-state index in [1.807, 2.05) is 29.5 Å². The average Bonchev–Trinajstić information content (AvgIpc) is 2.44. The van der Waals surface area contributed by atoms with Gasteiger partial charge in [0.05, 0.1) is 24.3 Å². The monoisotopic (exact) mass is 392 g/mol. The van der Waals surface area contributed by atoms with E-state index in [4.69, 9.17) is 14.6 Å². The number of carbonyl (C=O) groups is 2. The number of carbonyl (C=O) groups excluding carboxylic acids is 2. The van der Waals surface area contributed by atoms with Crippen LogP contribution in [0.1, 0.15) is 40.5 Å². The van der Waals surface area contributed by atoms with E-state index in [1.54, 1.807) is 12.1 Å². The Morgan fingerprint density at radius 1 is 1.10 bits per heavy atom. The highest BCUT2D eigenvalue weighted by Gasteiger charge is 2.14. The molecule has 1 N–H and O–H groups in total. The normalized spacial score (nSPS) is 10.2. The minimum absolute atomic E-state index is 0.0689. The molecule has 6 heteroatoms. The van der Waals surface area contributed by atoms with Gasteiger partial charge in [0, 0.05) is 3.57 Å². The molecule has 5 nitrogen and oxygen atoms in total. The molecule has 1 aromatic rings. The van der Waals surface area contributed by atoms with Gasteiger partial charge in [0.25, 0.3) is 0 Å². The van der Waals surface area contributed by atoms with Crippen molar-refractivity contribution in [3.63, 3.8) is 0 Å². The summed E-state index contributed by atoms with van der Waals surface area (Å²) in [5.74, 6) is -1.02. The molecule has 0 saturated heterocycles. The van der Waals surface area contributed by atoms with Gasteiger partial charge in [0.1, 0.15) is 6.61 Å². The number of rotatable bonds is 7. The standard InChI is InChI=1S/C14H17IO5/c1-2-3-5-19-13(17)10-7-11(9-12(15)8-10)14(18)20-6-4-16/h7-9,16H,2-6H2,1H3. The number of unbranched alkanes of at least 4 members (excludes halogenated alkanes) is 1. The fraction of sp³-hybridized carbons (Fsp3) is 0.429. The zero-order valence-electron chi connectivity index (χ0n) is 11.2. The number of halogens is 1. The van der Waals surface area contributed by atoms with Crippen LogP contribution < -0.4 is 0 Å². The Morgan fingerprint density at radius 2 is 1.65 bits per heavy atom. The molecule has 0 heterocycles. The van der Waals surface area contributed by atoms with Gasteiger partial charge in [-0.25, -0.2) is 9.59 Å². The molecule has 110 valence electrons. The second-order valence-electron chi connectivity index (χ2n) is 4.08. The third kappa shape index (κ3) is 5.46. The van der Waals surface area contributed by atoms with Crippen molar-refractivity contribution >= 4 is 34.5 Å². The molecule has 0 aliphatic carbocycles. The molecule has 0 atom stereocenters. The minimum Gasteiger partial charge on any atom is -0.462 e. The smallest absolute Gasteiger partial charge is 0.338 e. The minimum atomic E-state index is -0.569. The molecule has 0 unspecified atom stereocenters. The third-order valence-electron chi connectivity index (χ3n) is 2.42. The molecular weight excluding hydrogens is 375 g/mol. The second kappa shape index (κ2) is 8.91. The summed E-state index contributed by atoms with van der Waals surface area (Å²) in [4.78, 5) is 23.5. The fourth-order valence-corrected chi connectivity index (χ4v) is 2.11. The topological polar surface area (TPSA) is 72.8 Å². The number of hydrogen-bond donors (Lipinski definition) is 1. The molecule has 0 aliphatic heterocycles. The Morgan fingerprint density at radius 3 is 2.15 bits per heavy atom. The molecule has 0 radical (unpaired) electrons. The molecule has 0 fully saturated rings. The third-order valence-corrected chi connectivity index (χ3v) is 3.05. The summed E-state index contributed by atoms with van der Waals surface area (Å²) in [7, 11) is 0. The quantitative estimate of drug-likeness (QED) is 0.438. The van der Waals surface area contributed by atoms with Gasteiger partial charge < -0.3 is 14.6 Å². The van der Waals surface area contributed by atoms with Crippen molar-refractivity contribution in [1.29, 1.82) is 0 Å². The maximum Gasteiger partial charge on any atom is 0.338 e. The van der Waals surface area contributed by atoms with Crippen LogP contribution in [0, 0.1) is 3.57 Å². The summed E-state index contributed by atoms with van der Waals surface area (Å²) in [6, 6.07) is 4.71. The highest BCUT2D eigenvalue weighted by Crippen LogP contribution is 2.15. The molecule has 1 rings (SSSR count). The van der Waals surface area contributed by atoms with Crippen molar-refractivity contribution in [2.45, 2.75) is 19.8 Å². The highest BCUT2D eigenvalue weighted by molar-refractivity contribution is 14.1. The lowest BCUT2D eigenvalue weighted by atomic mass is 10.1. The van der Waals surface area contributed by atoms with Gasteiger partial charge in [-0.15, -0.1) is 0 Å². The lowest BCUT2D eigenvalue weighted by Crippen LogP contribution is -2.12. The van der Waals surface area contributed by atoms with Gasteiger partial charge in [-0.2, -0.15) is 0 Å². The zero-order valence-corrected chi connectivity index (χ0v) is 13.4. The average molecular weight is 392 g/mol. The first-order chi connectivity index (χ1) is 9.58. The molecule has 0 aliphatic rings. The maximum atomic E-state index is 11.8. The molecule has 0 aromatic heterocycles. The van der Waals surface area contributed by atoms with Crippen LogP contribution in [0.2, 0.25) is 0 Å². The number of aliphatic hydroxyl groups is 1. The maximum absolute atomic E-state index is 11.8. The predicted molar refractivity (Wildman–Crippen MR) is 81.7 cm³/mol. The van der Waals surface area contributed by atoms with E-state index < -0.39 is 11.9 Å². The van der Waals surface area contributed by atoms with E-state index in [-0.39, 0.29) is 18.8 Å². The Bertz CT molecular complexity index is 473. The molecule has 0 amide bonds. The fourth-order valence-electron chi connectivity index (χ4n) is 1.44. The Hall–Kier alpha value is -1.15. The van der Waals surface area contributed by atoms with Gasteiger partial charge in [0.2, 0.25) is 0 Å². The van der Waals surface area contributed by atoms with Crippen LogP contribution in [0.15, 0.2) is 18.2 Å². The molecule has 1 aromatic carbocycles. The lowest BCUT2D eigenvalue weighted by molar-refractivity contribution is 0.0433. The summed E-state index contributed by atoms with van der Waals surface area (Å²) < 4.78 is 10.7. The van der Waals surface area contributed by atoms with E-state index >= 15 is 0 Å². The Balaban J connectivity index is 2.80. The zero-order chi connectivity index (χ0) is 15.0. The van der Waals surface area contributed by atoms with Crippen molar-refractivity contribution in [1.82, 2.24) is 0 Å². The summed E-state index contributed by atoms with van der Waals surface area (Å²) in [5.41, 5.74) is 0.594. The first-order valence-corrected chi connectivity index (χ1v) is 7.42. The van der Waals surface area contributed by atoms with Crippen molar-refractivity contribution in [3.05, 3.63) is 32.9 Å². The lowest BCUT2D eigenvalue weighted by Gasteiger charge is -2.07. The van der Waals surface area contributed by atoms with Gasteiger partial charge in [-0.3, -0.25) is 0 Å². The summed E-state index contributed by atoms with van der Waals surface area (Å²) in [6.07, 6.45) is 1.75. The molecule has 0 bridgehead atoms. The van der Waals surface area contributed by atoms with Crippen LogP contribution in [0.25, 0.3) is 0 Å². The van der Waals surface area contributed by atoms with Gasteiger partial charge in [0.15, 0.2) is 0 Å². The molecule has 20 heavy (non-hydrogen) atoms. The first kappa shape index (κ1) is 16.9. The van der Waals surface area contributed by atoms with Crippen molar-refractivity contribution < 1.29 is 24.2 Å². The molecule has 0 spiro atoms. The first-order valence-electron chi connectivity index (χ1n) is 6.34. The van der Waals surface area contributed by atoms with Crippen LogP contribution in [0.5, 0.6) is 0 Å². The molecule has 0 saturated carbocycles. The van der Waals surface area contributed by atoms with E-state index in [1.165, 1.54) is 6.07 Å². The Kier molecular flexibility index (Phi) is 7.53. The van der Waals surface area contributed by atoms with Gasteiger partial charge >= 0.3 is 11.9 Å². The van der Waals surface area contributed by atoms with Crippen LogP contribution in [0.4, 0.5) is 0 Å². The largest absolute Gasteiger partial charge is 0.462 e. The predicted octanol–water partition coefficient (Wildman–Crippen LogP) is 2.40. The van der Waals surface area contributed by atoms with E-state index in [2.05, 4.69) is 0 Å². The number of esters is 2. The van der Waals surface area contributed by atoms with Crippen LogP contribution in [-0.4, -0.2) is 36.9 Å². The summed E-state index contributed by atoms with van der Waals surface area (Å²) in [5, 5.41) is 8.63. The second-order valence-corrected chi connectivity index (χ2v) is 5.32. The van der Waals surface area contributed by atoms with Gasteiger partial charge in [-0.1, -0.05) is 13.3 Å². The number of ether oxygens (including phenoxy) is 2. The summed E-state index contributed by atoms with van der Waals surface area (Å²) in [6.45, 7) is 2.07. The van der Waals surface area contributed by atoms with E-state index in [9.17, 15) is 9.59 Å². The van der Waals surface area contributed by atoms with Crippen molar-refractivity contribution in [3.8, 4) is 0 Å².